The SMILES string of the molecule is CC/C=C/C/C=C/C/C=C/C/C=C/C/C=C/C/C=C/CCC(=O)OCC(COCCC(C(=O)O)[N+](C)(C)C)OC(=O)CCCCCCCCC. The van der Waals surface area contributed by atoms with Crippen LogP contribution in [0.3, 0.4) is 0 Å². The number of esters is 2. The first-order valence-corrected chi connectivity index (χ1v) is 19.0. The standard InChI is InChI=1S/C42H69NO7/c1-6-8-10-12-14-15-16-17-18-19-20-21-22-23-24-25-27-28-30-32-40(44)49-37-38(36-48-35-34-39(42(46)47)43(3,4)5)50-41(45)33-31-29-26-13-11-9-7-2/h8,10,14-15,17-18,20-21,23-24,27-28,38-39H,6-7,9,11-13,16,19,22,25-26,29-37H2,1-5H3/p+1/b10-8+,15-14+,18-17+,21-20+,24-23+,28-27+. The number of aliphatic carboxylic acids is 1. The van der Waals surface area contributed by atoms with Crippen molar-refractivity contribution in [3.05, 3.63) is 72.9 Å². The van der Waals surface area contributed by atoms with Crippen molar-refractivity contribution in [1.29, 1.82) is 0 Å². The van der Waals surface area contributed by atoms with Gasteiger partial charge in [0.05, 0.1) is 34.4 Å². The van der Waals surface area contributed by atoms with E-state index < -0.39 is 18.1 Å². The summed E-state index contributed by atoms with van der Waals surface area (Å²) in [6.07, 6.45) is 39.8. The third kappa shape index (κ3) is 30.8. The predicted octanol–water partition coefficient (Wildman–Crippen LogP) is 9.63. The highest BCUT2D eigenvalue weighted by atomic mass is 16.6. The largest absolute Gasteiger partial charge is 0.477 e. The normalized spacial score (nSPS) is 13.9. The highest BCUT2D eigenvalue weighted by molar-refractivity contribution is 5.72. The first-order chi connectivity index (χ1) is 24.1. The van der Waals surface area contributed by atoms with Crippen LogP contribution in [0.1, 0.15) is 123 Å². The summed E-state index contributed by atoms with van der Waals surface area (Å²) in [7, 11) is 5.48. The molecular formula is C42H70NO7+. The first-order valence-electron chi connectivity index (χ1n) is 19.0. The second-order valence-corrected chi connectivity index (χ2v) is 13.5. The first kappa shape index (κ1) is 46.8. The third-order valence-electron chi connectivity index (χ3n) is 7.88. The lowest BCUT2D eigenvalue weighted by molar-refractivity contribution is -0.887. The molecule has 2 atom stereocenters. The number of hydrogen-bond donors (Lipinski definition) is 1. The lowest BCUT2D eigenvalue weighted by Gasteiger charge is -2.31. The van der Waals surface area contributed by atoms with Gasteiger partial charge in [-0.05, 0) is 51.4 Å². The van der Waals surface area contributed by atoms with Crippen molar-refractivity contribution in [1.82, 2.24) is 0 Å². The Balaban J connectivity index is 4.46. The number of carboxylic acids is 1. The molecule has 0 radical (unpaired) electrons. The van der Waals surface area contributed by atoms with Crippen molar-refractivity contribution in [3.8, 4) is 0 Å². The zero-order valence-corrected chi connectivity index (χ0v) is 32.1. The van der Waals surface area contributed by atoms with Crippen LogP contribution in [0.5, 0.6) is 0 Å². The number of allylic oxidation sites excluding steroid dienone is 12. The molecule has 0 rings (SSSR count). The number of likely N-dealkylation sites (N-methyl/N-ethyl adjacent to an activating group) is 1. The molecule has 0 heterocycles. The van der Waals surface area contributed by atoms with Crippen LogP contribution in [-0.2, 0) is 28.6 Å². The molecule has 1 N–H and O–H groups in total. The van der Waals surface area contributed by atoms with Gasteiger partial charge in [-0.2, -0.15) is 0 Å². The Morgan fingerprint density at radius 1 is 0.620 bits per heavy atom. The minimum atomic E-state index is -0.889. The number of hydrogen-bond acceptors (Lipinski definition) is 6. The average Bonchev–Trinajstić information content (AvgIpc) is 3.06. The number of carbonyl (C=O) groups is 3. The van der Waals surface area contributed by atoms with E-state index in [2.05, 4.69) is 74.6 Å². The molecule has 50 heavy (non-hydrogen) atoms. The lowest BCUT2D eigenvalue weighted by atomic mass is 10.1. The summed E-state index contributed by atoms with van der Waals surface area (Å²) in [4.78, 5) is 36.6. The van der Waals surface area contributed by atoms with Crippen LogP contribution in [0, 0.1) is 0 Å². The van der Waals surface area contributed by atoms with Gasteiger partial charge in [0.1, 0.15) is 6.61 Å². The molecule has 0 spiro atoms. The van der Waals surface area contributed by atoms with Gasteiger partial charge < -0.3 is 23.8 Å². The van der Waals surface area contributed by atoms with Gasteiger partial charge in [-0.3, -0.25) is 9.59 Å². The summed E-state index contributed by atoms with van der Waals surface area (Å²) in [5.41, 5.74) is 0. The topological polar surface area (TPSA) is 99.1 Å². The zero-order chi connectivity index (χ0) is 37.1. The number of carbonyl (C=O) groups excluding carboxylic acids is 2. The Hall–Kier alpha value is -3.23. The summed E-state index contributed by atoms with van der Waals surface area (Å²) in [5.74, 6) is -1.59. The molecule has 284 valence electrons. The van der Waals surface area contributed by atoms with Crippen molar-refractivity contribution in [2.24, 2.45) is 0 Å². The van der Waals surface area contributed by atoms with Gasteiger partial charge in [-0.15, -0.1) is 0 Å². The van der Waals surface area contributed by atoms with Crippen molar-refractivity contribution in [2.75, 3.05) is 41.0 Å². The summed E-state index contributed by atoms with van der Waals surface area (Å²) >= 11 is 0. The number of carboxylic acid groups (broad SMARTS) is 1. The van der Waals surface area contributed by atoms with E-state index in [1.54, 1.807) is 0 Å². The number of nitrogens with zero attached hydrogens (tertiary/aromatic N) is 1. The maximum Gasteiger partial charge on any atom is 0.362 e. The van der Waals surface area contributed by atoms with E-state index in [1.807, 2.05) is 33.3 Å². The molecule has 0 saturated heterocycles. The van der Waals surface area contributed by atoms with Gasteiger partial charge in [-0.25, -0.2) is 4.79 Å². The quantitative estimate of drug-likeness (QED) is 0.0323. The zero-order valence-electron chi connectivity index (χ0n) is 32.1. The molecule has 0 amide bonds. The molecule has 8 heteroatoms. The van der Waals surface area contributed by atoms with Crippen LogP contribution in [0.25, 0.3) is 0 Å². The molecular weight excluding hydrogens is 630 g/mol. The van der Waals surface area contributed by atoms with Crippen LogP contribution in [0.15, 0.2) is 72.9 Å². The molecule has 0 aromatic carbocycles. The average molecular weight is 701 g/mol. The van der Waals surface area contributed by atoms with E-state index in [9.17, 15) is 19.5 Å². The fraction of sp³-hybridized carbons (Fsp3) is 0.643. The van der Waals surface area contributed by atoms with Crippen LogP contribution >= 0.6 is 0 Å². The summed E-state index contributed by atoms with van der Waals surface area (Å²) in [5, 5.41) is 9.56. The highest BCUT2D eigenvalue weighted by Crippen LogP contribution is 2.12. The van der Waals surface area contributed by atoms with E-state index in [-0.39, 0.29) is 42.7 Å². The van der Waals surface area contributed by atoms with E-state index in [4.69, 9.17) is 14.2 Å². The van der Waals surface area contributed by atoms with E-state index in [1.165, 1.54) is 25.7 Å². The Kier molecular flexibility index (Phi) is 30.8. The summed E-state index contributed by atoms with van der Waals surface area (Å²) < 4.78 is 17.0. The lowest BCUT2D eigenvalue weighted by Crippen LogP contribution is -2.50. The molecule has 0 aliphatic carbocycles. The van der Waals surface area contributed by atoms with Crippen molar-refractivity contribution in [2.45, 2.75) is 135 Å². The third-order valence-corrected chi connectivity index (χ3v) is 7.88. The van der Waals surface area contributed by atoms with Crippen LogP contribution in [0.2, 0.25) is 0 Å². The minimum Gasteiger partial charge on any atom is -0.477 e. The van der Waals surface area contributed by atoms with E-state index in [0.29, 0.717) is 19.3 Å². The minimum absolute atomic E-state index is 0.0344. The maximum atomic E-state index is 12.5. The summed E-state index contributed by atoms with van der Waals surface area (Å²) in [6, 6.07) is -0.625. The van der Waals surface area contributed by atoms with Gasteiger partial charge in [-0.1, -0.05) is 125 Å². The predicted molar refractivity (Wildman–Crippen MR) is 206 cm³/mol. The van der Waals surface area contributed by atoms with Gasteiger partial charge in [0, 0.05) is 19.3 Å². The van der Waals surface area contributed by atoms with Crippen LogP contribution < -0.4 is 0 Å². The van der Waals surface area contributed by atoms with Gasteiger partial charge in [0.15, 0.2) is 12.1 Å². The van der Waals surface area contributed by atoms with Gasteiger partial charge >= 0.3 is 17.9 Å². The molecule has 0 aromatic heterocycles. The van der Waals surface area contributed by atoms with Crippen molar-refractivity contribution in [3.63, 3.8) is 0 Å². The fourth-order valence-corrected chi connectivity index (χ4v) is 4.94. The molecule has 0 bridgehead atoms. The number of unbranched alkanes of at least 4 members (excludes halogenated alkanes) is 6. The number of quaternary nitrogens is 1. The Morgan fingerprint density at radius 2 is 1.12 bits per heavy atom. The number of rotatable bonds is 32. The summed E-state index contributed by atoms with van der Waals surface area (Å²) in [6.45, 7) is 4.46. The Morgan fingerprint density at radius 3 is 1.62 bits per heavy atom. The van der Waals surface area contributed by atoms with Crippen molar-refractivity contribution < 1.29 is 38.2 Å². The van der Waals surface area contributed by atoms with Crippen molar-refractivity contribution >= 4 is 17.9 Å². The van der Waals surface area contributed by atoms with E-state index in [0.717, 1.165) is 57.8 Å². The van der Waals surface area contributed by atoms with Gasteiger partial charge in [0.25, 0.3) is 0 Å². The maximum absolute atomic E-state index is 12.5. The Bertz CT molecular complexity index is 1050. The monoisotopic (exact) mass is 701 g/mol. The second kappa shape index (κ2) is 32.9. The molecule has 0 aliphatic heterocycles. The Labute approximate surface area is 304 Å². The molecule has 0 saturated carbocycles. The second-order valence-electron chi connectivity index (χ2n) is 13.5. The van der Waals surface area contributed by atoms with Crippen LogP contribution in [-0.4, -0.2) is 80.6 Å². The fourth-order valence-electron chi connectivity index (χ4n) is 4.94. The van der Waals surface area contributed by atoms with E-state index >= 15 is 0 Å². The van der Waals surface area contributed by atoms with Crippen LogP contribution in [0.4, 0.5) is 0 Å². The molecule has 2 unspecified atom stereocenters. The molecule has 8 nitrogen and oxygen atoms in total. The van der Waals surface area contributed by atoms with Gasteiger partial charge in [0.2, 0.25) is 0 Å². The number of ether oxygens (including phenoxy) is 3. The molecule has 0 aliphatic rings. The highest BCUT2D eigenvalue weighted by Gasteiger charge is 2.31. The molecule has 0 fully saturated rings. The smallest absolute Gasteiger partial charge is 0.362 e. The molecule has 0 aromatic rings.